The second-order valence-corrected chi connectivity index (χ2v) is 6.85. The molecule has 0 aliphatic carbocycles. The van der Waals surface area contributed by atoms with Crippen LogP contribution in [0, 0.1) is 18.6 Å². The fourth-order valence-corrected chi connectivity index (χ4v) is 3.68. The number of nitrogens with one attached hydrogen (secondary N) is 1. The Morgan fingerprint density at radius 1 is 1.13 bits per heavy atom. The number of hydrogen-bond acceptors (Lipinski definition) is 3. The highest BCUT2D eigenvalue weighted by Crippen LogP contribution is 2.27. The molecule has 2 rings (SSSR count). The minimum Gasteiger partial charge on any atom is -0.495 e. The van der Waals surface area contributed by atoms with Gasteiger partial charge in [0.25, 0.3) is 0 Å². The van der Waals surface area contributed by atoms with Gasteiger partial charge in [-0.3, -0.25) is 0 Å². The Hall–Kier alpha value is -1.99. The summed E-state index contributed by atoms with van der Waals surface area (Å²) in [5.74, 6) is -1.34. The first-order valence-electron chi connectivity index (χ1n) is 6.86. The molecule has 0 amide bonds. The van der Waals surface area contributed by atoms with Crippen LogP contribution in [0.5, 0.6) is 5.75 Å². The Balaban J connectivity index is 2.36. The van der Waals surface area contributed by atoms with Crippen LogP contribution in [-0.4, -0.2) is 15.5 Å². The van der Waals surface area contributed by atoms with Gasteiger partial charge in [0.2, 0.25) is 10.0 Å². The normalized spacial score (nSPS) is 12.9. The van der Waals surface area contributed by atoms with Crippen LogP contribution >= 0.6 is 0 Å². The second-order valence-electron chi connectivity index (χ2n) is 5.16. The van der Waals surface area contributed by atoms with Gasteiger partial charge < -0.3 is 4.74 Å². The van der Waals surface area contributed by atoms with E-state index < -0.39 is 27.7 Å². The first kappa shape index (κ1) is 17.4. The Labute approximate surface area is 134 Å². The summed E-state index contributed by atoms with van der Waals surface area (Å²) in [4.78, 5) is -0.0330. The zero-order valence-corrected chi connectivity index (χ0v) is 13.7. The quantitative estimate of drug-likeness (QED) is 0.908. The van der Waals surface area contributed by atoms with Crippen molar-refractivity contribution in [3.63, 3.8) is 0 Å². The van der Waals surface area contributed by atoms with Crippen molar-refractivity contribution in [3.8, 4) is 5.75 Å². The predicted molar refractivity (Wildman–Crippen MR) is 82.8 cm³/mol. The zero-order valence-electron chi connectivity index (χ0n) is 12.9. The van der Waals surface area contributed by atoms with E-state index in [9.17, 15) is 17.2 Å². The highest BCUT2D eigenvalue weighted by Gasteiger charge is 2.24. The summed E-state index contributed by atoms with van der Waals surface area (Å²) >= 11 is 0. The number of methoxy groups -OCH3 is 1. The largest absolute Gasteiger partial charge is 0.495 e. The van der Waals surface area contributed by atoms with Crippen LogP contribution in [0.15, 0.2) is 41.3 Å². The molecule has 0 aliphatic rings. The van der Waals surface area contributed by atoms with E-state index in [1.807, 2.05) is 0 Å². The minimum atomic E-state index is -3.94. The zero-order chi connectivity index (χ0) is 17.2. The van der Waals surface area contributed by atoms with Crippen LogP contribution < -0.4 is 9.46 Å². The Morgan fingerprint density at radius 3 is 2.43 bits per heavy atom. The van der Waals surface area contributed by atoms with Crippen molar-refractivity contribution >= 4 is 10.0 Å². The predicted octanol–water partition coefficient (Wildman–Crippen LogP) is 3.32. The van der Waals surface area contributed by atoms with Gasteiger partial charge in [-0.25, -0.2) is 21.9 Å². The lowest BCUT2D eigenvalue weighted by Crippen LogP contribution is -2.28. The molecule has 23 heavy (non-hydrogen) atoms. The Morgan fingerprint density at radius 2 is 1.83 bits per heavy atom. The molecule has 0 fully saturated rings. The summed E-state index contributed by atoms with van der Waals surface area (Å²) < 4.78 is 59.3. The third-order valence-electron chi connectivity index (χ3n) is 3.37. The summed E-state index contributed by atoms with van der Waals surface area (Å²) in [5.41, 5.74) is 0.799. The van der Waals surface area contributed by atoms with Crippen LogP contribution in [0.4, 0.5) is 8.78 Å². The van der Waals surface area contributed by atoms with Crippen LogP contribution in [0.25, 0.3) is 0 Å². The molecule has 0 spiro atoms. The van der Waals surface area contributed by atoms with Crippen LogP contribution in [0.1, 0.15) is 24.1 Å². The fourth-order valence-electron chi connectivity index (χ4n) is 2.21. The van der Waals surface area contributed by atoms with Crippen molar-refractivity contribution in [2.24, 2.45) is 0 Å². The van der Waals surface area contributed by atoms with Crippen LogP contribution in [0.3, 0.4) is 0 Å². The summed E-state index contributed by atoms with van der Waals surface area (Å²) in [6.45, 7) is 3.23. The molecule has 0 radical (unpaired) electrons. The molecule has 0 aliphatic heterocycles. The number of sulfonamides is 1. The lowest BCUT2D eigenvalue weighted by molar-refractivity contribution is 0.402. The van der Waals surface area contributed by atoms with Crippen LogP contribution in [0.2, 0.25) is 0 Å². The molecule has 0 bridgehead atoms. The molecule has 0 heterocycles. The molecule has 124 valence electrons. The molecule has 0 aromatic heterocycles. The SMILES string of the molecule is COc1ccc(C)cc1S(=O)(=O)N[C@@H](C)c1ccc(F)cc1F. The monoisotopic (exact) mass is 341 g/mol. The number of benzene rings is 2. The summed E-state index contributed by atoms with van der Waals surface area (Å²) in [7, 11) is -2.57. The van der Waals surface area contributed by atoms with Gasteiger partial charge in [-0.2, -0.15) is 0 Å². The second kappa shape index (κ2) is 6.64. The highest BCUT2D eigenvalue weighted by molar-refractivity contribution is 7.89. The van der Waals surface area contributed by atoms with Gasteiger partial charge in [0.1, 0.15) is 22.3 Å². The standard InChI is InChI=1S/C16H17F2NO3S/c1-10-4-7-15(22-3)16(8-10)23(20,21)19-11(2)13-6-5-12(17)9-14(13)18/h4-9,11,19H,1-3H3/t11-/m0/s1. The number of ether oxygens (including phenoxy) is 1. The first-order chi connectivity index (χ1) is 10.7. The molecule has 0 saturated carbocycles. The molecular weight excluding hydrogens is 324 g/mol. The Kier molecular flexibility index (Phi) is 5.01. The van der Waals surface area contributed by atoms with Crippen LogP contribution in [-0.2, 0) is 10.0 Å². The minimum absolute atomic E-state index is 0.0330. The Bertz CT molecular complexity index is 822. The van der Waals surface area contributed by atoms with E-state index in [1.165, 1.54) is 26.2 Å². The number of halogens is 2. The fraction of sp³-hybridized carbons (Fsp3) is 0.250. The summed E-state index contributed by atoms with van der Waals surface area (Å²) in [6.07, 6.45) is 0. The van der Waals surface area contributed by atoms with E-state index in [1.54, 1.807) is 19.1 Å². The third kappa shape index (κ3) is 3.86. The van der Waals surface area contributed by atoms with Gasteiger partial charge >= 0.3 is 0 Å². The third-order valence-corrected chi connectivity index (χ3v) is 4.93. The van der Waals surface area contributed by atoms with Gasteiger partial charge in [0.05, 0.1) is 7.11 Å². The smallest absolute Gasteiger partial charge is 0.244 e. The lowest BCUT2D eigenvalue weighted by atomic mass is 10.1. The van der Waals surface area contributed by atoms with Crippen molar-refractivity contribution in [1.29, 1.82) is 0 Å². The molecule has 4 nitrogen and oxygen atoms in total. The number of rotatable bonds is 5. The van der Waals surface area contributed by atoms with E-state index in [4.69, 9.17) is 4.74 Å². The van der Waals surface area contributed by atoms with Gasteiger partial charge in [-0.1, -0.05) is 12.1 Å². The molecule has 2 aromatic carbocycles. The maximum Gasteiger partial charge on any atom is 0.244 e. The maximum atomic E-state index is 13.8. The van der Waals surface area contributed by atoms with Crippen molar-refractivity contribution in [3.05, 3.63) is 59.2 Å². The van der Waals surface area contributed by atoms with Gasteiger partial charge in [0, 0.05) is 17.7 Å². The van der Waals surface area contributed by atoms with Crippen molar-refractivity contribution in [2.75, 3.05) is 7.11 Å². The molecular formula is C16H17F2NO3S. The first-order valence-corrected chi connectivity index (χ1v) is 8.35. The topological polar surface area (TPSA) is 55.4 Å². The maximum absolute atomic E-state index is 13.8. The molecule has 1 N–H and O–H groups in total. The van der Waals surface area contributed by atoms with E-state index in [-0.39, 0.29) is 16.2 Å². The highest BCUT2D eigenvalue weighted by atomic mass is 32.2. The summed E-state index contributed by atoms with van der Waals surface area (Å²) in [6, 6.07) is 6.88. The van der Waals surface area contributed by atoms with Gasteiger partial charge in [0.15, 0.2) is 0 Å². The van der Waals surface area contributed by atoms with Crippen molar-refractivity contribution < 1.29 is 21.9 Å². The lowest BCUT2D eigenvalue weighted by Gasteiger charge is -2.17. The van der Waals surface area contributed by atoms with E-state index in [2.05, 4.69) is 4.72 Å². The van der Waals surface area contributed by atoms with Gasteiger partial charge in [-0.05, 0) is 37.6 Å². The summed E-state index contributed by atoms with van der Waals surface area (Å²) in [5, 5.41) is 0. The van der Waals surface area contributed by atoms with Crippen molar-refractivity contribution in [1.82, 2.24) is 4.72 Å². The van der Waals surface area contributed by atoms with E-state index in [0.29, 0.717) is 6.07 Å². The molecule has 0 saturated heterocycles. The molecule has 2 aromatic rings. The number of hydrogen-bond donors (Lipinski definition) is 1. The van der Waals surface area contributed by atoms with Crippen molar-refractivity contribution in [2.45, 2.75) is 24.8 Å². The number of aryl methyl sites for hydroxylation is 1. The average molecular weight is 341 g/mol. The molecule has 0 unspecified atom stereocenters. The van der Waals surface area contributed by atoms with Gasteiger partial charge in [-0.15, -0.1) is 0 Å². The van der Waals surface area contributed by atoms with E-state index in [0.717, 1.165) is 11.6 Å². The average Bonchev–Trinajstić information content (AvgIpc) is 2.46. The van der Waals surface area contributed by atoms with E-state index >= 15 is 0 Å². The molecule has 1 atom stereocenters. The molecule has 7 heteroatoms.